The molecule has 0 aliphatic carbocycles. The Morgan fingerprint density at radius 2 is 0.875 bits per heavy atom. The fraction of sp³-hybridized carbons (Fsp3) is 0.364. The third-order valence-corrected chi connectivity index (χ3v) is 11.4. The average Bonchev–Trinajstić information content (AvgIpc) is 3.60. The number of imide groups is 2. The summed E-state index contributed by atoms with van der Waals surface area (Å²) in [7, 11) is 9.48. The van der Waals surface area contributed by atoms with Gasteiger partial charge in [-0.3, -0.25) is 19.4 Å². The lowest BCUT2D eigenvalue weighted by atomic mass is 9.79. The number of carbonyl (C=O) groups excluding carboxylic acids is 4. The van der Waals surface area contributed by atoms with Gasteiger partial charge in [-0.05, 0) is 73.2 Å². The fourth-order valence-electron chi connectivity index (χ4n) is 8.08. The highest BCUT2D eigenvalue weighted by atomic mass is 16.5. The smallest absolute Gasteiger partial charge is 0.327 e. The van der Waals surface area contributed by atoms with E-state index in [-0.39, 0.29) is 24.9 Å². The Bertz CT molecular complexity index is 1910. The molecular weight excluding hydrogens is 713 g/mol. The number of ether oxygens (including phenoxy) is 4. The third-order valence-electron chi connectivity index (χ3n) is 11.4. The summed E-state index contributed by atoms with van der Waals surface area (Å²) >= 11 is 0. The van der Waals surface area contributed by atoms with Gasteiger partial charge in [-0.2, -0.15) is 0 Å². The van der Waals surface area contributed by atoms with Gasteiger partial charge in [0.15, 0.2) is 23.0 Å². The molecule has 56 heavy (non-hydrogen) atoms. The van der Waals surface area contributed by atoms with E-state index in [2.05, 4.69) is 0 Å². The van der Waals surface area contributed by atoms with Crippen molar-refractivity contribution in [2.75, 3.05) is 42.5 Å². The predicted octanol–water partition coefficient (Wildman–Crippen LogP) is 6.79. The van der Waals surface area contributed by atoms with E-state index in [1.165, 1.54) is 38.2 Å². The number of benzene rings is 4. The lowest BCUT2D eigenvalue weighted by molar-refractivity contribution is -0.144. The maximum absolute atomic E-state index is 15.6. The second-order valence-electron chi connectivity index (χ2n) is 14.4. The molecule has 0 spiro atoms. The molecule has 6 amide bonds. The summed E-state index contributed by atoms with van der Waals surface area (Å²) in [5, 5.41) is 0. The molecule has 0 bridgehead atoms. The van der Waals surface area contributed by atoms with Crippen molar-refractivity contribution >= 4 is 23.9 Å². The molecule has 2 heterocycles. The zero-order chi connectivity index (χ0) is 40.3. The molecule has 4 aromatic rings. The van der Waals surface area contributed by atoms with E-state index in [4.69, 9.17) is 18.9 Å². The molecule has 0 saturated carbocycles. The van der Waals surface area contributed by atoms with Crippen LogP contribution in [0.15, 0.2) is 97.1 Å². The summed E-state index contributed by atoms with van der Waals surface area (Å²) in [5.74, 6) is -1.44. The minimum atomic E-state index is -1.13. The molecule has 12 nitrogen and oxygen atoms in total. The van der Waals surface area contributed by atoms with Gasteiger partial charge in [0, 0.05) is 14.1 Å². The summed E-state index contributed by atoms with van der Waals surface area (Å²) in [6.07, 6.45) is 0.0748. The molecule has 0 N–H and O–H groups in total. The van der Waals surface area contributed by atoms with Gasteiger partial charge in [0.2, 0.25) is 11.8 Å². The topological polar surface area (TPSA) is 118 Å². The predicted molar refractivity (Wildman–Crippen MR) is 211 cm³/mol. The normalized spacial score (nSPS) is 20.6. The fourth-order valence-corrected chi connectivity index (χ4v) is 8.08. The highest BCUT2D eigenvalue weighted by Gasteiger charge is 2.53. The lowest BCUT2D eigenvalue weighted by Gasteiger charge is -2.34. The van der Waals surface area contributed by atoms with Crippen LogP contribution in [0.2, 0.25) is 0 Å². The van der Waals surface area contributed by atoms with Crippen LogP contribution >= 0.6 is 0 Å². The maximum Gasteiger partial charge on any atom is 0.327 e. The molecule has 4 aromatic carbocycles. The molecule has 0 aromatic heterocycles. The van der Waals surface area contributed by atoms with Crippen LogP contribution in [0, 0.1) is 11.8 Å². The number of carbonyl (C=O) groups is 4. The number of urea groups is 2. The van der Waals surface area contributed by atoms with Gasteiger partial charge in [-0.15, -0.1) is 0 Å². The highest BCUT2D eigenvalue weighted by molar-refractivity contribution is 6.03. The van der Waals surface area contributed by atoms with E-state index in [0.29, 0.717) is 34.1 Å². The summed E-state index contributed by atoms with van der Waals surface area (Å²) < 4.78 is 22.3. The Morgan fingerprint density at radius 1 is 0.536 bits per heavy atom. The van der Waals surface area contributed by atoms with Gasteiger partial charge in [-0.25, -0.2) is 9.59 Å². The van der Waals surface area contributed by atoms with Crippen molar-refractivity contribution in [3.05, 3.63) is 119 Å². The van der Waals surface area contributed by atoms with E-state index < -0.39 is 47.8 Å². The summed E-state index contributed by atoms with van der Waals surface area (Å²) in [6, 6.07) is 26.6. The first-order valence-electron chi connectivity index (χ1n) is 18.7. The van der Waals surface area contributed by atoms with Crippen LogP contribution in [0.1, 0.15) is 48.2 Å². The molecule has 0 unspecified atom stereocenters. The summed E-state index contributed by atoms with van der Waals surface area (Å²) in [6.45, 7) is 3.81. The number of hydrogen-bond acceptors (Lipinski definition) is 8. The Kier molecular flexibility index (Phi) is 11.9. The monoisotopic (exact) mass is 762 g/mol. The van der Waals surface area contributed by atoms with Gasteiger partial charge in [0.25, 0.3) is 0 Å². The number of methoxy groups -OCH3 is 4. The zero-order valence-electron chi connectivity index (χ0n) is 33.2. The number of hydrogen-bond donors (Lipinski definition) is 0. The van der Waals surface area contributed by atoms with Gasteiger partial charge in [0.1, 0.15) is 0 Å². The number of nitrogens with zero attached hydrogens (tertiary/aromatic N) is 4. The van der Waals surface area contributed by atoms with Crippen LogP contribution in [0.4, 0.5) is 9.59 Å². The third kappa shape index (κ3) is 7.35. The van der Waals surface area contributed by atoms with Crippen molar-refractivity contribution in [2.24, 2.45) is 11.8 Å². The maximum atomic E-state index is 15.6. The van der Waals surface area contributed by atoms with E-state index in [1.807, 2.05) is 86.6 Å². The molecule has 12 heteroatoms. The molecule has 2 fully saturated rings. The van der Waals surface area contributed by atoms with Crippen LogP contribution < -0.4 is 18.9 Å². The molecular formula is C44H50N4O8. The Morgan fingerprint density at radius 3 is 1.20 bits per heavy atom. The SMILES string of the molecule is COc1ccc(C[C@@H](C(=O)N2C(=O)N(C)[C@H](C)[C@@H]2c2ccccc2)[C@@H](Cc2ccc(OC)c(OC)c2)C(=O)N2C(=O)N(C)[C@H](C)[C@@H]2c2ccccc2)cc1OC. The number of rotatable bonds is 13. The molecule has 294 valence electrons. The zero-order valence-corrected chi connectivity index (χ0v) is 33.2. The van der Waals surface area contributed by atoms with Gasteiger partial charge >= 0.3 is 12.1 Å². The van der Waals surface area contributed by atoms with Crippen molar-refractivity contribution in [1.82, 2.24) is 19.6 Å². The average molecular weight is 763 g/mol. The summed E-state index contributed by atoms with van der Waals surface area (Å²) in [5.41, 5.74) is 2.92. The second-order valence-corrected chi connectivity index (χ2v) is 14.4. The molecule has 2 aliphatic heterocycles. The van der Waals surface area contributed by atoms with Crippen molar-refractivity contribution in [3.8, 4) is 23.0 Å². The molecule has 2 saturated heterocycles. The molecule has 6 rings (SSSR count). The standard InChI is InChI=1S/C44H50N4O8/c1-27-39(31-15-11-9-12-16-31)47(43(51)45(27)3)41(49)33(23-29-19-21-35(53-5)37(25-29)55-7)34(24-30-20-22-36(54-6)38(26-30)56-8)42(50)48-40(28(2)46(4)44(48)52)32-17-13-10-14-18-32/h9-22,25-28,33-34,39-40H,23-24H2,1-8H3/t27-,28-,33-,34-,39-,40-/m1/s1. The van der Waals surface area contributed by atoms with Gasteiger partial charge in [0.05, 0.1) is 64.4 Å². The number of amides is 6. The van der Waals surface area contributed by atoms with Crippen LogP contribution in [-0.2, 0) is 22.4 Å². The van der Waals surface area contributed by atoms with Crippen molar-refractivity contribution in [3.63, 3.8) is 0 Å². The van der Waals surface area contributed by atoms with Gasteiger partial charge in [-0.1, -0.05) is 72.8 Å². The Labute approximate surface area is 328 Å². The molecule has 2 aliphatic rings. The molecule has 0 radical (unpaired) electrons. The summed E-state index contributed by atoms with van der Waals surface area (Å²) in [4.78, 5) is 65.3. The van der Waals surface area contributed by atoms with Crippen LogP contribution in [0.3, 0.4) is 0 Å². The van der Waals surface area contributed by atoms with Crippen molar-refractivity contribution < 1.29 is 38.1 Å². The van der Waals surface area contributed by atoms with Crippen LogP contribution in [0.25, 0.3) is 0 Å². The highest BCUT2D eigenvalue weighted by Crippen LogP contribution is 2.42. The van der Waals surface area contributed by atoms with Crippen LogP contribution in [0.5, 0.6) is 23.0 Å². The van der Waals surface area contributed by atoms with Crippen molar-refractivity contribution in [2.45, 2.75) is 50.9 Å². The number of likely N-dealkylation sites (N-methyl/N-ethyl adjacent to an activating group) is 2. The Hall–Kier alpha value is -6.04. The van der Waals surface area contributed by atoms with E-state index in [9.17, 15) is 9.59 Å². The largest absolute Gasteiger partial charge is 0.493 e. The first kappa shape index (κ1) is 39.6. The van der Waals surface area contributed by atoms with E-state index in [1.54, 1.807) is 48.2 Å². The molecule has 6 atom stereocenters. The van der Waals surface area contributed by atoms with Crippen LogP contribution in [-0.4, -0.2) is 98.1 Å². The van der Waals surface area contributed by atoms with Gasteiger partial charge < -0.3 is 28.7 Å². The minimum absolute atomic E-state index is 0.0374. The first-order valence-corrected chi connectivity index (χ1v) is 18.7. The second kappa shape index (κ2) is 16.8. The van der Waals surface area contributed by atoms with Crippen molar-refractivity contribution in [1.29, 1.82) is 0 Å². The van der Waals surface area contributed by atoms with E-state index >= 15 is 9.59 Å². The lowest BCUT2D eigenvalue weighted by Crippen LogP contribution is -2.49. The van der Waals surface area contributed by atoms with E-state index in [0.717, 1.165) is 11.1 Å². The Balaban J connectivity index is 1.55. The quantitative estimate of drug-likeness (QED) is 0.146. The minimum Gasteiger partial charge on any atom is -0.493 e. The first-order chi connectivity index (χ1) is 26.9.